The summed E-state index contributed by atoms with van der Waals surface area (Å²) >= 11 is 3.46. The van der Waals surface area contributed by atoms with Gasteiger partial charge in [-0.25, -0.2) is 8.42 Å². The van der Waals surface area contributed by atoms with E-state index in [9.17, 15) is 13.2 Å². The van der Waals surface area contributed by atoms with Crippen LogP contribution < -0.4 is 5.32 Å². The van der Waals surface area contributed by atoms with Crippen molar-refractivity contribution in [2.75, 3.05) is 5.75 Å². The molecule has 0 bridgehead atoms. The van der Waals surface area contributed by atoms with Crippen LogP contribution in [0.4, 0.5) is 0 Å². The molecule has 1 aromatic carbocycles. The number of halogens is 1. The summed E-state index contributed by atoms with van der Waals surface area (Å²) in [6, 6.07) is 7.52. The van der Waals surface area contributed by atoms with E-state index in [0.29, 0.717) is 0 Å². The minimum Gasteiger partial charge on any atom is -0.350 e. The quantitative estimate of drug-likeness (QED) is 0.813. The summed E-state index contributed by atoms with van der Waals surface area (Å²) in [6.45, 7) is 1.89. The number of hydrogen-bond donors (Lipinski definition) is 1. The molecule has 1 N–H and O–H groups in total. The van der Waals surface area contributed by atoms with Crippen LogP contribution in [0.15, 0.2) is 28.7 Å². The zero-order valence-electron chi connectivity index (χ0n) is 12.7. The lowest BCUT2D eigenvalue weighted by atomic mass is 10.1. The monoisotopic (exact) mass is 387 g/mol. The van der Waals surface area contributed by atoms with E-state index in [2.05, 4.69) is 21.2 Å². The topological polar surface area (TPSA) is 63.2 Å². The SMILES string of the molecule is C[C@H](NC(=O)CCS(=O)(=O)C1CCCC1)c1ccccc1Br. The van der Waals surface area contributed by atoms with Crippen molar-refractivity contribution in [2.45, 2.75) is 50.3 Å². The van der Waals surface area contributed by atoms with E-state index in [-0.39, 0.29) is 29.4 Å². The molecule has 2 rings (SSSR count). The third-order valence-electron chi connectivity index (χ3n) is 4.17. The van der Waals surface area contributed by atoms with Crippen molar-refractivity contribution in [3.63, 3.8) is 0 Å². The Morgan fingerprint density at radius 3 is 2.59 bits per heavy atom. The first-order valence-corrected chi connectivity index (χ1v) is 10.2. The van der Waals surface area contributed by atoms with Crippen molar-refractivity contribution >= 4 is 31.7 Å². The van der Waals surface area contributed by atoms with Crippen LogP contribution >= 0.6 is 15.9 Å². The van der Waals surface area contributed by atoms with Gasteiger partial charge in [0.15, 0.2) is 9.84 Å². The molecule has 0 unspecified atom stereocenters. The number of hydrogen-bond acceptors (Lipinski definition) is 3. The van der Waals surface area contributed by atoms with E-state index < -0.39 is 9.84 Å². The van der Waals surface area contributed by atoms with Crippen molar-refractivity contribution in [1.29, 1.82) is 0 Å². The van der Waals surface area contributed by atoms with Crippen LogP contribution in [0.5, 0.6) is 0 Å². The summed E-state index contributed by atoms with van der Waals surface area (Å²) in [6.07, 6.45) is 3.49. The average molecular weight is 388 g/mol. The molecule has 0 aliphatic heterocycles. The van der Waals surface area contributed by atoms with Gasteiger partial charge in [-0.3, -0.25) is 4.79 Å². The van der Waals surface area contributed by atoms with Gasteiger partial charge in [-0.2, -0.15) is 0 Å². The maximum Gasteiger partial charge on any atom is 0.221 e. The standard InChI is InChI=1S/C16H22BrNO3S/c1-12(14-8-4-5-9-15(14)17)18-16(19)10-11-22(20,21)13-6-2-3-7-13/h4-5,8-9,12-13H,2-3,6-7,10-11H2,1H3,(H,18,19)/t12-/m0/s1. The third-order valence-corrected chi connectivity index (χ3v) is 7.16. The molecule has 1 aliphatic rings. The second-order valence-electron chi connectivity index (χ2n) is 5.83. The molecule has 4 nitrogen and oxygen atoms in total. The summed E-state index contributed by atoms with van der Waals surface area (Å²) in [5.74, 6) is -0.267. The lowest BCUT2D eigenvalue weighted by molar-refractivity contribution is -0.121. The Hall–Kier alpha value is -0.880. The van der Waals surface area contributed by atoms with Gasteiger partial charge in [0.1, 0.15) is 0 Å². The molecule has 1 atom stereocenters. The zero-order valence-corrected chi connectivity index (χ0v) is 15.1. The molecule has 1 aromatic rings. The highest BCUT2D eigenvalue weighted by Gasteiger charge is 2.29. The molecule has 1 fully saturated rings. The van der Waals surface area contributed by atoms with Crippen LogP contribution in [0.1, 0.15) is 50.6 Å². The summed E-state index contributed by atoms with van der Waals surface area (Å²) in [7, 11) is -3.13. The largest absolute Gasteiger partial charge is 0.350 e. The smallest absolute Gasteiger partial charge is 0.221 e. The van der Waals surface area contributed by atoms with Crippen molar-refractivity contribution in [3.8, 4) is 0 Å². The highest BCUT2D eigenvalue weighted by molar-refractivity contribution is 9.10. The number of benzene rings is 1. The molecular weight excluding hydrogens is 366 g/mol. The number of carbonyl (C=O) groups excluding carboxylic acids is 1. The molecule has 0 radical (unpaired) electrons. The first-order chi connectivity index (χ1) is 10.4. The van der Waals surface area contributed by atoms with Crippen LogP contribution in [-0.4, -0.2) is 25.3 Å². The normalized spacial score (nSPS) is 17.4. The summed E-state index contributed by atoms with van der Waals surface area (Å²) in [4.78, 5) is 12.0. The van der Waals surface area contributed by atoms with E-state index in [0.717, 1.165) is 35.7 Å². The van der Waals surface area contributed by atoms with E-state index in [1.165, 1.54) is 0 Å². The summed E-state index contributed by atoms with van der Waals surface area (Å²) in [5.41, 5.74) is 0.981. The van der Waals surface area contributed by atoms with Crippen LogP contribution in [0, 0.1) is 0 Å². The molecule has 1 saturated carbocycles. The number of nitrogens with one attached hydrogen (secondary N) is 1. The predicted octanol–water partition coefficient (Wildman–Crippen LogP) is 3.37. The zero-order chi connectivity index (χ0) is 16.2. The van der Waals surface area contributed by atoms with Gasteiger partial charge in [-0.15, -0.1) is 0 Å². The number of carbonyl (C=O) groups is 1. The lowest BCUT2D eigenvalue weighted by Gasteiger charge is -2.16. The third kappa shape index (κ3) is 4.56. The molecular formula is C16H22BrNO3S. The molecule has 0 spiro atoms. The molecule has 0 aromatic heterocycles. The number of sulfone groups is 1. The average Bonchev–Trinajstić information content (AvgIpc) is 3.00. The molecule has 1 aliphatic carbocycles. The maximum atomic E-state index is 12.2. The fourth-order valence-corrected chi connectivity index (χ4v) is 5.35. The van der Waals surface area contributed by atoms with Crippen molar-refractivity contribution in [3.05, 3.63) is 34.3 Å². The van der Waals surface area contributed by atoms with E-state index in [1.54, 1.807) is 0 Å². The molecule has 0 saturated heterocycles. The Bertz CT molecular complexity index is 624. The minimum atomic E-state index is -3.13. The molecule has 22 heavy (non-hydrogen) atoms. The first kappa shape index (κ1) is 17.5. The minimum absolute atomic E-state index is 0.0353. The van der Waals surface area contributed by atoms with Crippen LogP contribution in [0.3, 0.4) is 0 Å². The highest BCUT2D eigenvalue weighted by atomic mass is 79.9. The van der Waals surface area contributed by atoms with Gasteiger partial charge in [0.25, 0.3) is 0 Å². The summed E-state index contributed by atoms with van der Waals surface area (Å²) < 4.78 is 25.3. The Kier molecular flexibility index (Phi) is 6.03. The van der Waals surface area contributed by atoms with Gasteiger partial charge in [0, 0.05) is 10.9 Å². The number of amides is 1. The van der Waals surface area contributed by atoms with Gasteiger partial charge >= 0.3 is 0 Å². The fraction of sp³-hybridized carbons (Fsp3) is 0.562. The van der Waals surface area contributed by atoms with Crippen molar-refractivity contribution < 1.29 is 13.2 Å². The fourth-order valence-electron chi connectivity index (χ4n) is 2.87. The van der Waals surface area contributed by atoms with E-state index in [4.69, 9.17) is 0 Å². The Labute approximate surface area is 140 Å². The van der Waals surface area contributed by atoms with Gasteiger partial charge < -0.3 is 5.32 Å². The van der Waals surface area contributed by atoms with Gasteiger partial charge in [-0.1, -0.05) is 47.0 Å². The highest BCUT2D eigenvalue weighted by Crippen LogP contribution is 2.26. The first-order valence-electron chi connectivity index (χ1n) is 7.65. The molecule has 1 amide bonds. The molecule has 6 heteroatoms. The van der Waals surface area contributed by atoms with Gasteiger partial charge in [0.05, 0.1) is 17.0 Å². The van der Waals surface area contributed by atoms with Crippen LogP contribution in [0.2, 0.25) is 0 Å². The summed E-state index contributed by atoms with van der Waals surface area (Å²) in [5, 5.41) is 2.63. The molecule has 0 heterocycles. The van der Waals surface area contributed by atoms with Crippen molar-refractivity contribution in [1.82, 2.24) is 5.32 Å². The maximum absolute atomic E-state index is 12.2. The Balaban J connectivity index is 1.86. The second kappa shape index (κ2) is 7.59. The van der Waals surface area contributed by atoms with Gasteiger partial charge in [0.2, 0.25) is 5.91 Å². The van der Waals surface area contributed by atoms with E-state index >= 15 is 0 Å². The van der Waals surface area contributed by atoms with Gasteiger partial charge in [-0.05, 0) is 31.4 Å². The molecule has 122 valence electrons. The predicted molar refractivity (Wildman–Crippen MR) is 91.4 cm³/mol. The van der Waals surface area contributed by atoms with Crippen LogP contribution in [0.25, 0.3) is 0 Å². The van der Waals surface area contributed by atoms with Crippen LogP contribution in [-0.2, 0) is 14.6 Å². The number of rotatable bonds is 6. The lowest BCUT2D eigenvalue weighted by Crippen LogP contribution is -2.30. The Morgan fingerprint density at radius 2 is 1.95 bits per heavy atom. The Morgan fingerprint density at radius 1 is 1.32 bits per heavy atom. The van der Waals surface area contributed by atoms with E-state index in [1.807, 2.05) is 31.2 Å². The second-order valence-corrected chi connectivity index (χ2v) is 9.09. The van der Waals surface area contributed by atoms with Crippen molar-refractivity contribution in [2.24, 2.45) is 0 Å².